The van der Waals surface area contributed by atoms with E-state index in [4.69, 9.17) is 0 Å². The number of para-hydroxylation sites is 1. The van der Waals surface area contributed by atoms with E-state index in [1.54, 1.807) is 0 Å². The number of rotatable bonds is 3. The summed E-state index contributed by atoms with van der Waals surface area (Å²) in [6, 6.07) is 8.16. The van der Waals surface area contributed by atoms with Crippen molar-refractivity contribution in [3.8, 4) is 0 Å². The highest BCUT2D eigenvalue weighted by atomic mass is 16.3. The van der Waals surface area contributed by atoms with Gasteiger partial charge in [-0.3, -0.25) is 0 Å². The highest BCUT2D eigenvalue weighted by molar-refractivity contribution is 5.84. The molecule has 2 aromatic rings. The number of aliphatic hydroxyl groups is 1. The molecule has 0 bridgehead atoms. The number of aryl methyl sites for hydroxylation is 1. The first-order valence-electron chi connectivity index (χ1n) is 6.35. The molecule has 3 heteroatoms. The number of nitrogens with zero attached hydrogens (tertiary/aromatic N) is 1. The van der Waals surface area contributed by atoms with E-state index in [-0.39, 0.29) is 5.54 Å². The summed E-state index contributed by atoms with van der Waals surface area (Å²) >= 11 is 0. The fourth-order valence-electron chi connectivity index (χ4n) is 2.15. The SMILES string of the molecule is Cn1cc(C(O)CNC(C)(C)C)c2ccccc21. The first-order valence-corrected chi connectivity index (χ1v) is 6.35. The van der Waals surface area contributed by atoms with Gasteiger partial charge in [0, 0.05) is 41.8 Å². The molecule has 0 fully saturated rings. The van der Waals surface area contributed by atoms with Gasteiger partial charge in [0.2, 0.25) is 0 Å². The minimum Gasteiger partial charge on any atom is -0.387 e. The Hall–Kier alpha value is -1.32. The second-order valence-corrected chi connectivity index (χ2v) is 5.86. The minimum absolute atomic E-state index is 0.0194. The molecule has 0 saturated carbocycles. The van der Waals surface area contributed by atoms with Gasteiger partial charge in [0.25, 0.3) is 0 Å². The van der Waals surface area contributed by atoms with E-state index in [1.807, 2.05) is 25.4 Å². The third-order valence-electron chi connectivity index (χ3n) is 3.11. The van der Waals surface area contributed by atoms with Crippen LogP contribution in [0.3, 0.4) is 0 Å². The van der Waals surface area contributed by atoms with Gasteiger partial charge in [-0.1, -0.05) is 18.2 Å². The number of nitrogens with one attached hydrogen (secondary N) is 1. The van der Waals surface area contributed by atoms with Crippen molar-refractivity contribution in [3.63, 3.8) is 0 Å². The Morgan fingerprint density at radius 3 is 2.61 bits per heavy atom. The first-order chi connectivity index (χ1) is 8.38. The third kappa shape index (κ3) is 2.74. The molecule has 18 heavy (non-hydrogen) atoms. The summed E-state index contributed by atoms with van der Waals surface area (Å²) in [6.45, 7) is 6.87. The van der Waals surface area contributed by atoms with Crippen molar-refractivity contribution in [2.45, 2.75) is 32.4 Å². The lowest BCUT2D eigenvalue weighted by Gasteiger charge is -2.22. The van der Waals surface area contributed by atoms with Crippen molar-refractivity contribution in [2.75, 3.05) is 6.54 Å². The smallest absolute Gasteiger partial charge is 0.0935 e. The maximum Gasteiger partial charge on any atom is 0.0935 e. The van der Waals surface area contributed by atoms with Crippen LogP contribution in [0, 0.1) is 0 Å². The van der Waals surface area contributed by atoms with Gasteiger partial charge >= 0.3 is 0 Å². The topological polar surface area (TPSA) is 37.2 Å². The Kier molecular flexibility index (Phi) is 3.46. The van der Waals surface area contributed by atoms with Gasteiger partial charge in [0.15, 0.2) is 0 Å². The van der Waals surface area contributed by atoms with Gasteiger partial charge in [-0.15, -0.1) is 0 Å². The van der Waals surface area contributed by atoms with Crippen LogP contribution in [0.15, 0.2) is 30.5 Å². The molecule has 0 aliphatic carbocycles. The molecule has 0 amide bonds. The molecule has 0 aliphatic rings. The normalized spacial score (nSPS) is 14.1. The molecule has 0 aliphatic heterocycles. The summed E-state index contributed by atoms with van der Waals surface area (Å²) in [4.78, 5) is 0. The monoisotopic (exact) mass is 246 g/mol. The molecule has 98 valence electrons. The molecular weight excluding hydrogens is 224 g/mol. The summed E-state index contributed by atoms with van der Waals surface area (Å²) in [7, 11) is 2.01. The van der Waals surface area contributed by atoms with Gasteiger partial charge in [0.1, 0.15) is 0 Å². The number of hydrogen-bond donors (Lipinski definition) is 2. The molecule has 1 aromatic carbocycles. The summed E-state index contributed by atoms with van der Waals surface area (Å²) in [5.74, 6) is 0. The molecule has 3 nitrogen and oxygen atoms in total. The molecule has 2 rings (SSSR count). The molecule has 1 heterocycles. The lowest BCUT2D eigenvalue weighted by molar-refractivity contribution is 0.164. The van der Waals surface area contributed by atoms with Crippen LogP contribution in [0.2, 0.25) is 0 Å². The van der Waals surface area contributed by atoms with Gasteiger partial charge in [-0.25, -0.2) is 0 Å². The van der Waals surface area contributed by atoms with Crippen LogP contribution >= 0.6 is 0 Å². The largest absolute Gasteiger partial charge is 0.387 e. The fraction of sp³-hybridized carbons (Fsp3) is 0.467. The second-order valence-electron chi connectivity index (χ2n) is 5.86. The average molecular weight is 246 g/mol. The molecule has 1 aromatic heterocycles. The van der Waals surface area contributed by atoms with Crippen molar-refractivity contribution in [1.82, 2.24) is 9.88 Å². The maximum atomic E-state index is 10.3. The molecule has 0 spiro atoms. The Morgan fingerprint density at radius 1 is 1.28 bits per heavy atom. The van der Waals surface area contributed by atoms with Crippen LogP contribution in [0.25, 0.3) is 10.9 Å². The van der Waals surface area contributed by atoms with Crippen LogP contribution in [0.1, 0.15) is 32.4 Å². The Balaban J connectivity index is 2.25. The van der Waals surface area contributed by atoms with Gasteiger partial charge in [0.05, 0.1) is 6.10 Å². The maximum absolute atomic E-state index is 10.3. The Morgan fingerprint density at radius 2 is 1.94 bits per heavy atom. The number of β-amino-alcohol motifs (C(OH)–C–C–N with tert-alkyl or cyclic N) is 1. The van der Waals surface area contributed by atoms with Crippen molar-refractivity contribution in [2.24, 2.45) is 7.05 Å². The zero-order chi connectivity index (χ0) is 13.3. The van der Waals surface area contributed by atoms with Crippen LogP contribution in [-0.2, 0) is 7.05 Å². The summed E-state index contributed by atoms with van der Waals surface area (Å²) in [6.07, 6.45) is 1.54. The van der Waals surface area contributed by atoms with Crippen molar-refractivity contribution in [3.05, 3.63) is 36.0 Å². The van der Waals surface area contributed by atoms with Crippen LogP contribution in [0.5, 0.6) is 0 Å². The van der Waals surface area contributed by atoms with E-state index in [0.717, 1.165) is 16.5 Å². The first kappa shape index (κ1) is 13.1. The van der Waals surface area contributed by atoms with Crippen molar-refractivity contribution >= 4 is 10.9 Å². The highest BCUT2D eigenvalue weighted by Gasteiger charge is 2.17. The van der Waals surface area contributed by atoms with E-state index in [9.17, 15) is 5.11 Å². The standard InChI is InChI=1S/C15H22N2O/c1-15(2,3)16-9-14(18)12-10-17(4)13-8-6-5-7-11(12)13/h5-8,10,14,16,18H,9H2,1-4H3. The van der Waals surface area contributed by atoms with Crippen LogP contribution < -0.4 is 5.32 Å². The van der Waals surface area contributed by atoms with Crippen LogP contribution in [-0.4, -0.2) is 21.8 Å². The van der Waals surface area contributed by atoms with Crippen molar-refractivity contribution in [1.29, 1.82) is 0 Å². The van der Waals surface area contributed by atoms with Crippen molar-refractivity contribution < 1.29 is 5.11 Å². The summed E-state index contributed by atoms with van der Waals surface area (Å²) in [5.41, 5.74) is 2.16. The number of aromatic nitrogens is 1. The Bertz CT molecular complexity index is 537. The zero-order valence-corrected chi connectivity index (χ0v) is 11.6. The second kappa shape index (κ2) is 4.75. The molecule has 0 radical (unpaired) electrons. The quantitative estimate of drug-likeness (QED) is 0.873. The number of fused-ring (bicyclic) bond motifs is 1. The summed E-state index contributed by atoms with van der Waals surface area (Å²) < 4.78 is 2.06. The van der Waals surface area contributed by atoms with E-state index >= 15 is 0 Å². The molecule has 0 saturated heterocycles. The Labute approximate surface area is 108 Å². The predicted molar refractivity (Wildman–Crippen MR) is 75.6 cm³/mol. The van der Waals surface area contributed by atoms with E-state index < -0.39 is 6.10 Å². The van der Waals surface area contributed by atoms with E-state index in [1.165, 1.54) is 0 Å². The minimum atomic E-state index is -0.477. The number of benzene rings is 1. The number of aliphatic hydroxyl groups excluding tert-OH is 1. The fourth-order valence-corrected chi connectivity index (χ4v) is 2.15. The van der Waals surface area contributed by atoms with E-state index in [2.05, 4.69) is 42.8 Å². The molecule has 1 atom stereocenters. The highest BCUT2D eigenvalue weighted by Crippen LogP contribution is 2.25. The van der Waals surface area contributed by atoms with Crippen LogP contribution in [0.4, 0.5) is 0 Å². The summed E-state index contributed by atoms with van der Waals surface area (Å²) in [5, 5.41) is 14.8. The van der Waals surface area contributed by atoms with Gasteiger partial charge in [-0.2, -0.15) is 0 Å². The van der Waals surface area contributed by atoms with Gasteiger partial charge in [-0.05, 0) is 26.8 Å². The molecule has 1 unspecified atom stereocenters. The lowest BCUT2D eigenvalue weighted by atomic mass is 10.1. The molecule has 2 N–H and O–H groups in total. The molecular formula is C15H22N2O. The lowest BCUT2D eigenvalue weighted by Crippen LogP contribution is -2.38. The third-order valence-corrected chi connectivity index (χ3v) is 3.11. The number of hydrogen-bond acceptors (Lipinski definition) is 2. The predicted octanol–water partition coefficient (Wildman–Crippen LogP) is 2.60. The van der Waals surface area contributed by atoms with Gasteiger partial charge < -0.3 is 15.0 Å². The van der Waals surface area contributed by atoms with E-state index in [0.29, 0.717) is 6.54 Å². The zero-order valence-electron chi connectivity index (χ0n) is 11.6. The average Bonchev–Trinajstić information content (AvgIpc) is 2.64.